The minimum absolute atomic E-state index is 0.0657. The highest BCUT2D eigenvalue weighted by atomic mass is 32.2. The van der Waals surface area contributed by atoms with Crippen LogP contribution in [0.5, 0.6) is 0 Å². The number of anilines is 1. The summed E-state index contributed by atoms with van der Waals surface area (Å²) in [4.78, 5) is 3.95. The van der Waals surface area contributed by atoms with Crippen LogP contribution in [0.3, 0.4) is 0 Å². The Labute approximate surface area is 349 Å². The number of nitrogens with zero attached hydrogens (tertiary/aromatic N) is 3. The van der Waals surface area contributed by atoms with E-state index >= 15 is 0 Å². The van der Waals surface area contributed by atoms with E-state index in [2.05, 4.69) is 155 Å². The van der Waals surface area contributed by atoms with E-state index in [-0.39, 0.29) is 10.8 Å². The summed E-state index contributed by atoms with van der Waals surface area (Å²) in [6.07, 6.45) is 21.3. The molecule has 2 aliphatic carbocycles. The SMILES string of the molecule is C=Cc1ccc(CSc2nnc(SC3=C(C=CC4C(CCCC)c5ccccc5C4(C)C)CCCC3=CC=C3N(CCCC)c4ccccc4C3(C)C)s2)cc1. The largest absolute Gasteiger partial charge is 0.344 e. The number of aromatic nitrogens is 2. The van der Waals surface area contributed by atoms with Gasteiger partial charge in [-0.25, -0.2) is 0 Å². The highest BCUT2D eigenvalue weighted by Gasteiger charge is 2.44. The Bertz CT molecular complexity index is 2130. The third-order valence-corrected chi connectivity index (χ3v) is 15.7. The Morgan fingerprint density at radius 3 is 2.36 bits per heavy atom. The lowest BCUT2D eigenvalue weighted by atomic mass is 9.74. The zero-order valence-electron chi connectivity index (χ0n) is 34.3. The Balaban J connectivity index is 1.24. The van der Waals surface area contributed by atoms with Crippen molar-refractivity contribution in [3.63, 3.8) is 0 Å². The van der Waals surface area contributed by atoms with E-state index < -0.39 is 0 Å². The van der Waals surface area contributed by atoms with Crippen LogP contribution in [0.15, 0.2) is 134 Å². The van der Waals surface area contributed by atoms with Crippen LogP contribution >= 0.6 is 34.9 Å². The van der Waals surface area contributed by atoms with E-state index in [1.807, 2.05) is 17.8 Å². The number of fused-ring (bicyclic) bond motifs is 2. The van der Waals surface area contributed by atoms with Crippen LogP contribution in [0, 0.1) is 5.92 Å². The van der Waals surface area contributed by atoms with Gasteiger partial charge in [0.15, 0.2) is 8.68 Å². The van der Waals surface area contributed by atoms with Gasteiger partial charge in [-0.1, -0.05) is 193 Å². The van der Waals surface area contributed by atoms with Gasteiger partial charge < -0.3 is 4.90 Å². The molecule has 7 rings (SSSR count). The van der Waals surface area contributed by atoms with E-state index in [9.17, 15) is 0 Å². The zero-order valence-corrected chi connectivity index (χ0v) is 36.8. The monoisotopic (exact) mass is 797 g/mol. The predicted octanol–water partition coefficient (Wildman–Crippen LogP) is 14.8. The van der Waals surface area contributed by atoms with Gasteiger partial charge in [0.2, 0.25) is 0 Å². The van der Waals surface area contributed by atoms with Crippen molar-refractivity contribution in [3.05, 3.63) is 153 Å². The Kier molecular flexibility index (Phi) is 13.0. The van der Waals surface area contributed by atoms with Crippen molar-refractivity contribution < 1.29 is 0 Å². The maximum Gasteiger partial charge on any atom is 0.179 e. The van der Waals surface area contributed by atoms with Crippen molar-refractivity contribution >= 4 is 46.6 Å². The summed E-state index contributed by atoms with van der Waals surface area (Å²) < 4.78 is 2.03. The molecule has 0 spiro atoms. The van der Waals surface area contributed by atoms with Crippen LogP contribution in [-0.2, 0) is 16.6 Å². The first kappa shape index (κ1) is 40.6. The Morgan fingerprint density at radius 2 is 1.59 bits per heavy atom. The Morgan fingerprint density at radius 1 is 0.857 bits per heavy atom. The third-order valence-electron chi connectivity index (χ3n) is 12.3. The lowest BCUT2D eigenvalue weighted by Crippen LogP contribution is -2.27. The molecule has 1 aliphatic heterocycles. The number of rotatable bonds is 15. The average Bonchev–Trinajstić information content (AvgIpc) is 3.82. The zero-order chi connectivity index (χ0) is 39.3. The van der Waals surface area contributed by atoms with E-state index in [0.717, 1.165) is 45.8 Å². The van der Waals surface area contributed by atoms with Crippen molar-refractivity contribution in [2.24, 2.45) is 5.92 Å². The molecular formula is C50H59N3S3. The van der Waals surface area contributed by atoms with Gasteiger partial charge in [0.25, 0.3) is 0 Å². The first-order valence-corrected chi connectivity index (χ1v) is 23.4. The molecule has 0 fully saturated rings. The van der Waals surface area contributed by atoms with E-state index in [0.29, 0.717) is 11.8 Å². The smallest absolute Gasteiger partial charge is 0.179 e. The molecule has 0 N–H and O–H groups in total. The van der Waals surface area contributed by atoms with Crippen molar-refractivity contribution in [1.82, 2.24) is 10.2 Å². The minimum atomic E-state index is -0.0657. The molecule has 0 radical (unpaired) electrons. The summed E-state index contributed by atoms with van der Waals surface area (Å²) in [6, 6.07) is 26.9. The topological polar surface area (TPSA) is 29.0 Å². The summed E-state index contributed by atoms with van der Waals surface area (Å²) in [5.41, 5.74) is 12.6. The molecule has 0 saturated carbocycles. The minimum Gasteiger partial charge on any atom is -0.344 e. The second-order valence-electron chi connectivity index (χ2n) is 16.7. The fourth-order valence-corrected chi connectivity index (χ4v) is 12.4. The van der Waals surface area contributed by atoms with Crippen LogP contribution in [0.2, 0.25) is 0 Å². The molecule has 56 heavy (non-hydrogen) atoms. The number of hydrogen-bond donors (Lipinski definition) is 0. The molecule has 3 aromatic carbocycles. The number of thioether (sulfide) groups is 2. The van der Waals surface area contributed by atoms with Crippen molar-refractivity contribution in [2.45, 2.75) is 124 Å². The molecule has 2 heterocycles. The number of hydrogen-bond acceptors (Lipinski definition) is 6. The molecule has 4 aromatic rings. The van der Waals surface area contributed by atoms with Crippen LogP contribution in [-0.4, -0.2) is 16.7 Å². The molecule has 2 atom stereocenters. The van der Waals surface area contributed by atoms with Gasteiger partial charge in [0.1, 0.15) is 0 Å². The van der Waals surface area contributed by atoms with Gasteiger partial charge in [-0.3, -0.25) is 0 Å². The summed E-state index contributed by atoms with van der Waals surface area (Å²) in [7, 11) is 0. The number of para-hydroxylation sites is 1. The fourth-order valence-electron chi connectivity index (χ4n) is 9.15. The summed E-state index contributed by atoms with van der Waals surface area (Å²) >= 11 is 5.33. The van der Waals surface area contributed by atoms with Gasteiger partial charge in [0.05, 0.1) is 0 Å². The van der Waals surface area contributed by atoms with Crippen molar-refractivity contribution in [1.29, 1.82) is 0 Å². The fraction of sp³-hybridized carbons (Fsp3) is 0.400. The highest BCUT2D eigenvalue weighted by Crippen LogP contribution is 2.54. The van der Waals surface area contributed by atoms with Crippen LogP contribution < -0.4 is 4.90 Å². The van der Waals surface area contributed by atoms with E-state index in [1.165, 1.54) is 76.2 Å². The molecule has 2 unspecified atom stereocenters. The number of benzene rings is 3. The lowest BCUT2D eigenvalue weighted by molar-refractivity contribution is 0.352. The maximum atomic E-state index is 4.77. The van der Waals surface area contributed by atoms with Crippen molar-refractivity contribution in [2.75, 3.05) is 11.4 Å². The highest BCUT2D eigenvalue weighted by molar-refractivity contribution is 8.05. The molecule has 0 saturated heterocycles. The van der Waals surface area contributed by atoms with Gasteiger partial charge in [-0.05, 0) is 100 Å². The Hall–Kier alpha value is -3.58. The number of unbranched alkanes of at least 4 members (excludes halogenated alkanes) is 2. The first-order valence-electron chi connectivity index (χ1n) is 20.8. The van der Waals surface area contributed by atoms with E-state index in [4.69, 9.17) is 5.10 Å². The van der Waals surface area contributed by atoms with E-state index in [1.54, 1.807) is 28.7 Å². The molecule has 3 aliphatic rings. The molecular weight excluding hydrogens is 739 g/mol. The van der Waals surface area contributed by atoms with Crippen LogP contribution in [0.4, 0.5) is 5.69 Å². The standard InChI is InChI=1S/C50H59N3S3/c1-8-11-20-39-40-21-13-14-22-41(40)49(4,5)42(39)31-29-37-18-17-19-38(30-32-45-50(6,7)43-23-15-16-24-44(43)53(45)33-12-9-2)46(37)55-48-52-51-47(56-48)54-34-36-27-25-35(10-3)26-28-36/h10,13-16,21-32,39,42H,3,8-9,11-12,17-20,33-34H2,1-2,4-7H3. The third kappa shape index (κ3) is 8.49. The van der Waals surface area contributed by atoms with Gasteiger partial charge in [-0.15, -0.1) is 10.2 Å². The van der Waals surface area contributed by atoms with Gasteiger partial charge in [-0.2, -0.15) is 0 Å². The molecule has 6 heteroatoms. The first-order chi connectivity index (χ1) is 27.1. The molecule has 1 aromatic heterocycles. The summed E-state index contributed by atoms with van der Waals surface area (Å²) in [5.74, 6) is 1.88. The second kappa shape index (κ2) is 17.9. The van der Waals surface area contributed by atoms with Gasteiger partial charge in [0, 0.05) is 34.0 Å². The molecule has 3 nitrogen and oxygen atoms in total. The average molecular weight is 798 g/mol. The summed E-state index contributed by atoms with van der Waals surface area (Å²) in [5, 5.41) is 9.45. The molecule has 292 valence electrons. The molecule has 0 bridgehead atoms. The predicted molar refractivity (Wildman–Crippen MR) is 245 cm³/mol. The van der Waals surface area contributed by atoms with Crippen molar-refractivity contribution in [3.8, 4) is 0 Å². The quantitative estimate of drug-likeness (QED) is 0.112. The maximum absolute atomic E-state index is 4.77. The molecule has 0 amide bonds. The van der Waals surface area contributed by atoms with Crippen LogP contribution in [0.1, 0.15) is 127 Å². The van der Waals surface area contributed by atoms with Crippen LogP contribution in [0.25, 0.3) is 6.08 Å². The summed E-state index contributed by atoms with van der Waals surface area (Å²) in [6.45, 7) is 19.3. The van der Waals surface area contributed by atoms with Gasteiger partial charge >= 0.3 is 0 Å². The second-order valence-corrected chi connectivity index (χ2v) is 20.2. The normalized spacial score (nSPS) is 21.4. The number of allylic oxidation sites excluding steroid dienone is 7. The lowest BCUT2D eigenvalue weighted by Gasteiger charge is -2.30.